The number of carbonyl (C=O) groups is 1. The number of piperidine rings is 1. The normalized spacial score (nSPS) is 25.4. The molecule has 4 heteroatoms. The minimum Gasteiger partial charge on any atom is -0.481 e. The van der Waals surface area contributed by atoms with Crippen molar-refractivity contribution < 1.29 is 9.90 Å². The van der Waals surface area contributed by atoms with E-state index in [4.69, 9.17) is 0 Å². The molecule has 3 nitrogen and oxygen atoms in total. The van der Waals surface area contributed by atoms with Crippen LogP contribution >= 0.6 is 11.8 Å². The summed E-state index contributed by atoms with van der Waals surface area (Å²) in [5, 5.41) is 9.28. The summed E-state index contributed by atoms with van der Waals surface area (Å²) in [4.78, 5) is 15.1. The summed E-state index contributed by atoms with van der Waals surface area (Å²) in [6.45, 7) is 4.77. The Morgan fingerprint density at radius 1 is 1.40 bits per heavy atom. The van der Waals surface area contributed by atoms with Gasteiger partial charge in [-0.1, -0.05) is 18.2 Å². The van der Waals surface area contributed by atoms with Crippen LogP contribution in [-0.4, -0.2) is 41.4 Å². The molecule has 0 bridgehead atoms. The van der Waals surface area contributed by atoms with Gasteiger partial charge in [-0.05, 0) is 44.5 Å². The first-order valence-electron chi connectivity index (χ1n) is 7.26. The molecule has 1 saturated heterocycles. The maximum absolute atomic E-state index is 11.3. The van der Waals surface area contributed by atoms with E-state index >= 15 is 0 Å². The van der Waals surface area contributed by atoms with Gasteiger partial charge in [0.2, 0.25) is 0 Å². The molecule has 1 fully saturated rings. The Hall–Kier alpha value is -1.00. The van der Waals surface area contributed by atoms with E-state index in [9.17, 15) is 9.90 Å². The Balaban J connectivity index is 1.60. The van der Waals surface area contributed by atoms with Crippen LogP contribution in [0.3, 0.4) is 0 Å². The molecule has 3 rings (SSSR count). The zero-order chi connectivity index (χ0) is 14.2. The number of hydrogen-bond acceptors (Lipinski definition) is 3. The molecular formula is C16H21NO2S. The standard InChI is InChI=1S/C16H21NO2S/c1-16(15(18)19)6-8-17(9-7-16)10-12-11-20-14-5-3-2-4-13(12)14/h2-5,12H,6-11H2,1H3,(H,18,19). The summed E-state index contributed by atoms with van der Waals surface area (Å²) in [5.41, 5.74) is 0.961. The zero-order valence-electron chi connectivity index (χ0n) is 11.8. The Labute approximate surface area is 124 Å². The second-order valence-corrected chi connectivity index (χ2v) is 7.27. The average Bonchev–Trinajstić information content (AvgIpc) is 2.85. The summed E-state index contributed by atoms with van der Waals surface area (Å²) in [7, 11) is 0. The molecule has 1 unspecified atom stereocenters. The number of rotatable bonds is 3. The lowest BCUT2D eigenvalue weighted by Gasteiger charge is -2.37. The first-order valence-corrected chi connectivity index (χ1v) is 8.24. The minimum absolute atomic E-state index is 0.515. The highest BCUT2D eigenvalue weighted by Crippen LogP contribution is 2.40. The second-order valence-electron chi connectivity index (χ2n) is 6.21. The monoisotopic (exact) mass is 291 g/mol. The Morgan fingerprint density at radius 2 is 2.10 bits per heavy atom. The summed E-state index contributed by atoms with van der Waals surface area (Å²) in [6.07, 6.45) is 1.54. The third-order valence-electron chi connectivity index (χ3n) is 4.75. The molecule has 1 atom stereocenters. The summed E-state index contributed by atoms with van der Waals surface area (Å²) >= 11 is 1.95. The summed E-state index contributed by atoms with van der Waals surface area (Å²) in [6, 6.07) is 8.67. The number of hydrogen-bond donors (Lipinski definition) is 1. The largest absolute Gasteiger partial charge is 0.481 e. The van der Waals surface area contributed by atoms with Crippen molar-refractivity contribution in [2.45, 2.75) is 30.6 Å². The van der Waals surface area contributed by atoms with Crippen molar-refractivity contribution in [2.24, 2.45) is 5.41 Å². The number of thioether (sulfide) groups is 1. The molecule has 2 heterocycles. The molecule has 0 saturated carbocycles. The average molecular weight is 291 g/mol. The second kappa shape index (κ2) is 5.41. The van der Waals surface area contributed by atoms with E-state index < -0.39 is 11.4 Å². The van der Waals surface area contributed by atoms with Crippen LogP contribution in [0.4, 0.5) is 0 Å². The molecular weight excluding hydrogens is 270 g/mol. The number of carboxylic acid groups (broad SMARTS) is 1. The van der Waals surface area contributed by atoms with E-state index in [2.05, 4.69) is 29.2 Å². The Bertz CT molecular complexity index is 509. The molecule has 20 heavy (non-hydrogen) atoms. The third kappa shape index (κ3) is 2.59. The molecule has 0 aliphatic carbocycles. The minimum atomic E-state index is -0.640. The molecule has 1 N–H and O–H groups in total. The number of aliphatic carboxylic acids is 1. The van der Waals surface area contributed by atoms with Gasteiger partial charge >= 0.3 is 5.97 Å². The summed E-state index contributed by atoms with van der Waals surface area (Å²) in [5.74, 6) is 1.12. The fourth-order valence-electron chi connectivity index (χ4n) is 3.14. The van der Waals surface area contributed by atoms with Crippen molar-refractivity contribution in [1.82, 2.24) is 4.90 Å². The first kappa shape index (κ1) is 14.0. The highest BCUT2D eigenvalue weighted by molar-refractivity contribution is 7.99. The van der Waals surface area contributed by atoms with Crippen LogP contribution in [-0.2, 0) is 4.79 Å². The fourth-order valence-corrected chi connectivity index (χ4v) is 4.38. The lowest BCUT2D eigenvalue weighted by atomic mass is 9.80. The van der Waals surface area contributed by atoms with Gasteiger partial charge in [0.05, 0.1) is 5.41 Å². The number of fused-ring (bicyclic) bond motifs is 1. The highest BCUT2D eigenvalue weighted by atomic mass is 32.2. The van der Waals surface area contributed by atoms with E-state index in [0.29, 0.717) is 5.92 Å². The first-order chi connectivity index (χ1) is 9.58. The number of likely N-dealkylation sites (tertiary alicyclic amines) is 1. The molecule has 2 aliphatic rings. The smallest absolute Gasteiger partial charge is 0.309 e. The predicted molar refractivity (Wildman–Crippen MR) is 81.3 cm³/mol. The highest BCUT2D eigenvalue weighted by Gasteiger charge is 2.37. The van der Waals surface area contributed by atoms with Crippen LogP contribution in [0, 0.1) is 5.41 Å². The van der Waals surface area contributed by atoms with Crippen LogP contribution in [0.2, 0.25) is 0 Å². The molecule has 0 radical (unpaired) electrons. The Morgan fingerprint density at radius 3 is 2.80 bits per heavy atom. The van der Waals surface area contributed by atoms with Crippen LogP contribution in [0.15, 0.2) is 29.2 Å². The lowest BCUT2D eigenvalue weighted by Crippen LogP contribution is -2.44. The summed E-state index contributed by atoms with van der Waals surface area (Å²) < 4.78 is 0. The molecule has 0 amide bonds. The van der Waals surface area contributed by atoms with E-state index in [0.717, 1.165) is 38.2 Å². The van der Waals surface area contributed by atoms with E-state index in [1.807, 2.05) is 18.7 Å². The molecule has 0 spiro atoms. The van der Waals surface area contributed by atoms with Crippen molar-refractivity contribution in [3.05, 3.63) is 29.8 Å². The van der Waals surface area contributed by atoms with Crippen LogP contribution in [0.25, 0.3) is 0 Å². The lowest BCUT2D eigenvalue weighted by molar-refractivity contribution is -0.150. The van der Waals surface area contributed by atoms with Gasteiger partial charge in [0, 0.05) is 23.1 Å². The SMILES string of the molecule is CC1(C(=O)O)CCN(CC2CSc3ccccc32)CC1. The van der Waals surface area contributed by atoms with Gasteiger partial charge < -0.3 is 10.0 Å². The van der Waals surface area contributed by atoms with Gasteiger partial charge in [-0.15, -0.1) is 11.8 Å². The van der Waals surface area contributed by atoms with E-state index in [1.54, 1.807) is 0 Å². The van der Waals surface area contributed by atoms with Crippen molar-refractivity contribution in [3.63, 3.8) is 0 Å². The van der Waals surface area contributed by atoms with Gasteiger partial charge in [-0.2, -0.15) is 0 Å². The third-order valence-corrected chi connectivity index (χ3v) is 6.01. The van der Waals surface area contributed by atoms with Gasteiger partial charge in [0.1, 0.15) is 0 Å². The van der Waals surface area contributed by atoms with E-state index in [-0.39, 0.29) is 0 Å². The van der Waals surface area contributed by atoms with Crippen LogP contribution < -0.4 is 0 Å². The number of benzene rings is 1. The molecule has 108 valence electrons. The fraction of sp³-hybridized carbons (Fsp3) is 0.562. The van der Waals surface area contributed by atoms with Crippen molar-refractivity contribution in [2.75, 3.05) is 25.4 Å². The zero-order valence-corrected chi connectivity index (χ0v) is 12.7. The van der Waals surface area contributed by atoms with E-state index in [1.165, 1.54) is 10.5 Å². The molecule has 1 aromatic rings. The quantitative estimate of drug-likeness (QED) is 0.929. The van der Waals surface area contributed by atoms with Gasteiger partial charge in [0.15, 0.2) is 0 Å². The molecule has 0 aromatic heterocycles. The van der Waals surface area contributed by atoms with Gasteiger partial charge in [-0.25, -0.2) is 0 Å². The van der Waals surface area contributed by atoms with Crippen molar-refractivity contribution in [1.29, 1.82) is 0 Å². The van der Waals surface area contributed by atoms with Gasteiger partial charge in [0.25, 0.3) is 0 Å². The van der Waals surface area contributed by atoms with Gasteiger partial charge in [-0.3, -0.25) is 4.79 Å². The maximum atomic E-state index is 11.3. The maximum Gasteiger partial charge on any atom is 0.309 e. The van der Waals surface area contributed by atoms with Crippen LogP contribution in [0.1, 0.15) is 31.2 Å². The number of carboxylic acids is 1. The Kier molecular flexibility index (Phi) is 3.78. The topological polar surface area (TPSA) is 40.5 Å². The molecule has 2 aliphatic heterocycles. The predicted octanol–water partition coefficient (Wildman–Crippen LogP) is 3.06. The van der Waals surface area contributed by atoms with Crippen molar-refractivity contribution >= 4 is 17.7 Å². The van der Waals surface area contributed by atoms with Crippen molar-refractivity contribution in [3.8, 4) is 0 Å². The number of nitrogens with zero attached hydrogens (tertiary/aromatic N) is 1. The molecule has 1 aromatic carbocycles. The van der Waals surface area contributed by atoms with Crippen LogP contribution in [0.5, 0.6) is 0 Å².